The number of nitrogen functional groups attached to an aromatic ring is 1. The van der Waals surface area contributed by atoms with E-state index < -0.39 is 5.82 Å². The van der Waals surface area contributed by atoms with Crippen molar-refractivity contribution in [3.05, 3.63) is 52.0 Å². The first kappa shape index (κ1) is 19.7. The predicted octanol–water partition coefficient (Wildman–Crippen LogP) is 4.79. The van der Waals surface area contributed by atoms with Gasteiger partial charge in [0.2, 0.25) is 0 Å². The summed E-state index contributed by atoms with van der Waals surface area (Å²) in [6.07, 6.45) is 4.27. The van der Waals surface area contributed by atoms with Crippen molar-refractivity contribution < 1.29 is 9.13 Å². The second kappa shape index (κ2) is 8.02. The van der Waals surface area contributed by atoms with Crippen LogP contribution in [0, 0.1) is 5.82 Å². The maximum absolute atomic E-state index is 14.5. The van der Waals surface area contributed by atoms with Crippen molar-refractivity contribution in [2.24, 2.45) is 0 Å². The summed E-state index contributed by atoms with van der Waals surface area (Å²) in [6.45, 7) is 1.60. The van der Waals surface area contributed by atoms with Crippen LogP contribution in [-0.4, -0.2) is 30.2 Å². The Morgan fingerprint density at radius 2 is 2.10 bits per heavy atom. The van der Waals surface area contributed by atoms with Gasteiger partial charge in [0.15, 0.2) is 5.82 Å². The van der Waals surface area contributed by atoms with Crippen molar-refractivity contribution in [3.63, 3.8) is 0 Å². The quantitative estimate of drug-likeness (QED) is 0.405. The number of methoxy groups -OCH3 is 1. The van der Waals surface area contributed by atoms with E-state index in [1.165, 1.54) is 18.5 Å². The minimum Gasteiger partial charge on any atom is -0.496 e. The SMILES string of the molecule is COc1cc2ncnc(Nc3ccc(Cl)c(Cl)c3F)c2c(N)c1C1=CCNCC1. The van der Waals surface area contributed by atoms with Gasteiger partial charge in [-0.15, -0.1) is 0 Å². The minimum atomic E-state index is -0.667. The van der Waals surface area contributed by atoms with Crippen LogP contribution in [0.4, 0.5) is 21.6 Å². The van der Waals surface area contributed by atoms with Crippen LogP contribution in [0.1, 0.15) is 12.0 Å². The summed E-state index contributed by atoms with van der Waals surface area (Å²) in [5, 5.41) is 6.79. The summed E-state index contributed by atoms with van der Waals surface area (Å²) in [7, 11) is 1.59. The molecule has 0 bridgehead atoms. The predicted molar refractivity (Wildman–Crippen MR) is 116 cm³/mol. The Morgan fingerprint density at radius 3 is 2.83 bits per heavy atom. The zero-order valence-corrected chi connectivity index (χ0v) is 17.0. The topological polar surface area (TPSA) is 85.1 Å². The molecular weight excluding hydrogens is 416 g/mol. The molecule has 2 heterocycles. The highest BCUT2D eigenvalue weighted by atomic mass is 35.5. The summed E-state index contributed by atoms with van der Waals surface area (Å²) in [5.41, 5.74) is 9.63. The number of hydrogen-bond donors (Lipinski definition) is 3. The number of rotatable bonds is 4. The molecule has 0 atom stereocenters. The first-order chi connectivity index (χ1) is 14.0. The van der Waals surface area contributed by atoms with Gasteiger partial charge in [-0.1, -0.05) is 29.3 Å². The molecule has 2 aromatic carbocycles. The van der Waals surface area contributed by atoms with E-state index in [0.717, 1.165) is 30.6 Å². The minimum absolute atomic E-state index is 0.131. The van der Waals surface area contributed by atoms with Crippen molar-refractivity contribution in [3.8, 4) is 5.75 Å². The number of fused-ring (bicyclic) bond motifs is 1. The van der Waals surface area contributed by atoms with Gasteiger partial charge in [0, 0.05) is 18.2 Å². The molecule has 0 aliphatic carbocycles. The van der Waals surface area contributed by atoms with E-state index in [4.69, 9.17) is 33.7 Å². The molecule has 0 saturated heterocycles. The monoisotopic (exact) mass is 433 g/mol. The summed E-state index contributed by atoms with van der Waals surface area (Å²) >= 11 is 11.8. The van der Waals surface area contributed by atoms with E-state index in [-0.39, 0.29) is 15.7 Å². The molecule has 4 rings (SSSR count). The van der Waals surface area contributed by atoms with Crippen LogP contribution in [0.25, 0.3) is 16.5 Å². The van der Waals surface area contributed by atoms with Gasteiger partial charge in [0.05, 0.1) is 39.4 Å². The Labute approximate surface area is 176 Å². The van der Waals surface area contributed by atoms with Gasteiger partial charge in [-0.3, -0.25) is 0 Å². The maximum Gasteiger partial charge on any atom is 0.166 e. The van der Waals surface area contributed by atoms with E-state index in [1.807, 2.05) is 6.07 Å². The fraction of sp³-hybridized carbons (Fsp3) is 0.200. The normalized spacial score (nSPS) is 14.0. The van der Waals surface area contributed by atoms with Gasteiger partial charge in [-0.25, -0.2) is 14.4 Å². The first-order valence-electron chi connectivity index (χ1n) is 8.93. The smallest absolute Gasteiger partial charge is 0.166 e. The van der Waals surface area contributed by atoms with Crippen molar-refractivity contribution in [2.45, 2.75) is 6.42 Å². The van der Waals surface area contributed by atoms with E-state index in [2.05, 4.69) is 26.7 Å². The Hall–Kier alpha value is -2.61. The molecule has 150 valence electrons. The summed E-state index contributed by atoms with van der Waals surface area (Å²) in [6, 6.07) is 4.81. The second-order valence-corrected chi connectivity index (χ2v) is 7.30. The molecular formula is C20H18Cl2FN5O. The standard InChI is InChI=1S/C20H18Cl2FN5O/c1-29-14-8-13-16(19(24)15(14)10-4-6-25-7-5-10)20(27-9-26-13)28-12-3-2-11(21)17(22)18(12)23/h2-4,8-9,25H,5-7,24H2,1H3,(H,26,27,28). The second-order valence-electron chi connectivity index (χ2n) is 6.52. The molecule has 0 unspecified atom stereocenters. The molecule has 1 aliphatic heterocycles. The van der Waals surface area contributed by atoms with Gasteiger partial charge >= 0.3 is 0 Å². The lowest BCUT2D eigenvalue weighted by Gasteiger charge is -2.21. The van der Waals surface area contributed by atoms with Gasteiger partial charge < -0.3 is 21.1 Å². The van der Waals surface area contributed by atoms with Crippen LogP contribution in [0.2, 0.25) is 10.0 Å². The molecule has 0 spiro atoms. The fourth-order valence-electron chi connectivity index (χ4n) is 3.41. The molecule has 29 heavy (non-hydrogen) atoms. The van der Waals surface area contributed by atoms with Gasteiger partial charge in [0.25, 0.3) is 0 Å². The lowest BCUT2D eigenvalue weighted by Crippen LogP contribution is -2.20. The van der Waals surface area contributed by atoms with Crippen molar-refractivity contribution in [1.29, 1.82) is 0 Å². The highest BCUT2D eigenvalue weighted by Gasteiger charge is 2.21. The molecule has 1 aliphatic rings. The Kier molecular flexibility index (Phi) is 5.45. The number of nitrogens with zero attached hydrogens (tertiary/aromatic N) is 2. The molecule has 0 radical (unpaired) electrons. The average Bonchev–Trinajstić information content (AvgIpc) is 2.74. The zero-order chi connectivity index (χ0) is 20.5. The van der Waals surface area contributed by atoms with Crippen LogP contribution in [-0.2, 0) is 0 Å². The number of anilines is 3. The van der Waals surface area contributed by atoms with Crippen molar-refractivity contribution >= 4 is 56.9 Å². The van der Waals surface area contributed by atoms with E-state index in [1.54, 1.807) is 7.11 Å². The third-order valence-electron chi connectivity index (χ3n) is 4.82. The van der Waals surface area contributed by atoms with E-state index >= 15 is 0 Å². The van der Waals surface area contributed by atoms with Gasteiger partial charge in [0.1, 0.15) is 17.9 Å². The number of hydrogen-bond acceptors (Lipinski definition) is 6. The summed E-state index contributed by atoms with van der Waals surface area (Å²) in [5.74, 6) is 0.330. The number of aromatic nitrogens is 2. The highest BCUT2D eigenvalue weighted by molar-refractivity contribution is 6.42. The number of nitrogens with two attached hydrogens (primary N) is 1. The summed E-state index contributed by atoms with van der Waals surface area (Å²) in [4.78, 5) is 8.59. The number of ether oxygens (including phenoxy) is 1. The number of nitrogens with one attached hydrogen (secondary N) is 2. The van der Waals surface area contributed by atoms with E-state index in [9.17, 15) is 4.39 Å². The van der Waals surface area contributed by atoms with Crippen LogP contribution in [0.3, 0.4) is 0 Å². The largest absolute Gasteiger partial charge is 0.496 e. The van der Waals surface area contributed by atoms with Crippen LogP contribution in [0.5, 0.6) is 5.75 Å². The molecule has 6 nitrogen and oxygen atoms in total. The van der Waals surface area contributed by atoms with Gasteiger partial charge in [-0.2, -0.15) is 0 Å². The first-order valence-corrected chi connectivity index (χ1v) is 9.68. The fourth-order valence-corrected chi connectivity index (χ4v) is 3.73. The average molecular weight is 434 g/mol. The lowest BCUT2D eigenvalue weighted by atomic mass is 9.95. The highest BCUT2D eigenvalue weighted by Crippen LogP contribution is 2.41. The summed E-state index contributed by atoms with van der Waals surface area (Å²) < 4.78 is 20.1. The zero-order valence-electron chi connectivity index (χ0n) is 15.5. The molecule has 9 heteroatoms. The third-order valence-corrected chi connectivity index (χ3v) is 5.60. The maximum atomic E-state index is 14.5. The molecule has 0 amide bonds. The lowest BCUT2D eigenvalue weighted by molar-refractivity contribution is 0.414. The Bertz CT molecular complexity index is 1140. The molecule has 4 N–H and O–H groups in total. The Morgan fingerprint density at radius 1 is 1.28 bits per heavy atom. The van der Waals surface area contributed by atoms with Crippen LogP contribution in [0.15, 0.2) is 30.6 Å². The molecule has 0 saturated carbocycles. The molecule has 3 aromatic rings. The number of benzene rings is 2. The van der Waals surface area contributed by atoms with E-state index in [0.29, 0.717) is 28.2 Å². The van der Waals surface area contributed by atoms with Crippen LogP contribution >= 0.6 is 23.2 Å². The Balaban J connectivity index is 1.90. The van der Waals surface area contributed by atoms with Crippen molar-refractivity contribution in [2.75, 3.05) is 31.2 Å². The molecule has 0 fully saturated rings. The third kappa shape index (κ3) is 3.57. The number of halogens is 3. The van der Waals surface area contributed by atoms with Crippen molar-refractivity contribution in [1.82, 2.24) is 15.3 Å². The molecule has 1 aromatic heterocycles. The van der Waals surface area contributed by atoms with Crippen LogP contribution < -0.4 is 21.1 Å². The van der Waals surface area contributed by atoms with Gasteiger partial charge in [-0.05, 0) is 30.7 Å².